The molecular weight excluding hydrogens is 190 g/mol. The lowest BCUT2D eigenvalue weighted by Gasteiger charge is -2.12. The fourth-order valence-electron chi connectivity index (χ4n) is 2.10. The average molecular weight is 203 g/mol. The van der Waals surface area contributed by atoms with E-state index in [9.17, 15) is 0 Å². The molecule has 1 N–H and O–H groups in total. The molecule has 0 amide bonds. The quantitative estimate of drug-likeness (QED) is 0.799. The molecule has 2 aromatic rings. The van der Waals surface area contributed by atoms with Gasteiger partial charge in [-0.15, -0.1) is 0 Å². The highest BCUT2D eigenvalue weighted by Gasteiger charge is 2.15. The zero-order valence-corrected chi connectivity index (χ0v) is 8.43. The SMILES string of the molecule is c1ncc2cnn(NC3CCCC3)c2n1. The van der Waals surface area contributed by atoms with Crippen molar-refractivity contribution in [2.75, 3.05) is 5.43 Å². The third-order valence-electron chi connectivity index (χ3n) is 2.89. The van der Waals surface area contributed by atoms with Crippen molar-refractivity contribution in [1.29, 1.82) is 0 Å². The van der Waals surface area contributed by atoms with Crippen LogP contribution in [0.1, 0.15) is 25.7 Å². The Labute approximate surface area is 87.5 Å². The van der Waals surface area contributed by atoms with Crippen molar-refractivity contribution in [1.82, 2.24) is 19.9 Å². The van der Waals surface area contributed by atoms with Gasteiger partial charge < -0.3 is 5.43 Å². The standard InChI is InChI=1S/C10H13N5/c1-2-4-9(3-1)14-15-10-8(6-13-15)5-11-7-12-10/h5-7,9,14H,1-4H2. The molecule has 1 fully saturated rings. The Morgan fingerprint density at radius 1 is 1.27 bits per heavy atom. The smallest absolute Gasteiger partial charge is 0.183 e. The fraction of sp³-hybridized carbons (Fsp3) is 0.500. The van der Waals surface area contributed by atoms with Gasteiger partial charge in [-0.05, 0) is 12.8 Å². The Morgan fingerprint density at radius 2 is 2.13 bits per heavy atom. The molecule has 1 aliphatic carbocycles. The van der Waals surface area contributed by atoms with Crippen LogP contribution in [0.3, 0.4) is 0 Å². The summed E-state index contributed by atoms with van der Waals surface area (Å²) in [6.07, 6.45) is 10.2. The summed E-state index contributed by atoms with van der Waals surface area (Å²) in [7, 11) is 0. The molecule has 15 heavy (non-hydrogen) atoms. The maximum atomic E-state index is 4.26. The molecule has 0 unspecified atom stereocenters. The highest BCUT2D eigenvalue weighted by Crippen LogP contribution is 2.19. The number of aromatic nitrogens is 4. The van der Waals surface area contributed by atoms with Crippen LogP contribution < -0.4 is 5.43 Å². The van der Waals surface area contributed by atoms with E-state index in [0.717, 1.165) is 11.0 Å². The third kappa shape index (κ3) is 1.54. The Kier molecular flexibility index (Phi) is 2.01. The Hall–Kier alpha value is -1.65. The maximum absolute atomic E-state index is 4.26. The van der Waals surface area contributed by atoms with Crippen molar-refractivity contribution < 1.29 is 0 Å². The molecule has 1 saturated carbocycles. The second kappa shape index (κ2) is 3.49. The molecule has 2 heterocycles. The highest BCUT2D eigenvalue weighted by molar-refractivity contribution is 5.72. The molecule has 0 bridgehead atoms. The van der Waals surface area contributed by atoms with E-state index < -0.39 is 0 Å². The van der Waals surface area contributed by atoms with Crippen molar-refractivity contribution in [3.05, 3.63) is 18.7 Å². The first kappa shape index (κ1) is 8.64. The van der Waals surface area contributed by atoms with Crippen LogP contribution in [0.2, 0.25) is 0 Å². The second-order valence-electron chi connectivity index (χ2n) is 3.97. The zero-order chi connectivity index (χ0) is 10.1. The van der Waals surface area contributed by atoms with E-state index in [-0.39, 0.29) is 0 Å². The minimum absolute atomic E-state index is 0.545. The van der Waals surface area contributed by atoms with E-state index in [4.69, 9.17) is 0 Å². The number of nitrogens with one attached hydrogen (secondary N) is 1. The van der Waals surface area contributed by atoms with Crippen molar-refractivity contribution in [3.8, 4) is 0 Å². The predicted octanol–water partition coefficient (Wildman–Crippen LogP) is 1.31. The molecule has 0 radical (unpaired) electrons. The van der Waals surface area contributed by atoms with Gasteiger partial charge in [0, 0.05) is 12.2 Å². The maximum Gasteiger partial charge on any atom is 0.183 e. The van der Waals surface area contributed by atoms with Gasteiger partial charge in [0.25, 0.3) is 0 Å². The van der Waals surface area contributed by atoms with Crippen LogP contribution in [0.5, 0.6) is 0 Å². The van der Waals surface area contributed by atoms with Gasteiger partial charge in [0.15, 0.2) is 5.65 Å². The van der Waals surface area contributed by atoms with Gasteiger partial charge in [-0.2, -0.15) is 9.89 Å². The lowest BCUT2D eigenvalue weighted by Crippen LogP contribution is -2.26. The van der Waals surface area contributed by atoms with Crippen molar-refractivity contribution in [2.45, 2.75) is 31.7 Å². The minimum atomic E-state index is 0.545. The largest absolute Gasteiger partial charge is 0.305 e. The summed E-state index contributed by atoms with van der Waals surface area (Å²) in [5.74, 6) is 0. The first-order valence-electron chi connectivity index (χ1n) is 5.34. The van der Waals surface area contributed by atoms with E-state index >= 15 is 0 Å². The molecule has 0 aliphatic heterocycles. The van der Waals surface area contributed by atoms with Gasteiger partial charge in [0.1, 0.15) is 6.33 Å². The van der Waals surface area contributed by atoms with Gasteiger partial charge in [-0.25, -0.2) is 9.97 Å². The van der Waals surface area contributed by atoms with E-state index in [1.165, 1.54) is 25.7 Å². The van der Waals surface area contributed by atoms with Crippen LogP contribution in [0.25, 0.3) is 11.0 Å². The fourth-order valence-corrected chi connectivity index (χ4v) is 2.10. The van der Waals surface area contributed by atoms with Crippen LogP contribution in [0.4, 0.5) is 0 Å². The zero-order valence-electron chi connectivity index (χ0n) is 8.43. The van der Waals surface area contributed by atoms with Crippen LogP contribution >= 0.6 is 0 Å². The summed E-state index contributed by atoms with van der Waals surface area (Å²) < 4.78 is 0. The molecule has 0 spiro atoms. The lowest BCUT2D eigenvalue weighted by molar-refractivity contribution is 0.621. The Balaban J connectivity index is 1.90. The molecule has 0 saturated heterocycles. The number of fused-ring (bicyclic) bond motifs is 1. The molecule has 0 aromatic carbocycles. The topological polar surface area (TPSA) is 55.6 Å². The summed E-state index contributed by atoms with van der Waals surface area (Å²) in [6.45, 7) is 0. The van der Waals surface area contributed by atoms with Crippen LogP contribution in [0, 0.1) is 0 Å². The number of nitrogens with zero attached hydrogens (tertiary/aromatic N) is 4. The Morgan fingerprint density at radius 3 is 3.00 bits per heavy atom. The van der Waals surface area contributed by atoms with Crippen LogP contribution in [-0.2, 0) is 0 Å². The van der Waals surface area contributed by atoms with E-state index in [2.05, 4.69) is 20.5 Å². The van der Waals surface area contributed by atoms with Gasteiger partial charge >= 0.3 is 0 Å². The number of hydrogen-bond acceptors (Lipinski definition) is 4. The Bertz CT molecular complexity index is 458. The van der Waals surface area contributed by atoms with Crippen LogP contribution in [0.15, 0.2) is 18.7 Å². The molecule has 5 heteroatoms. The summed E-state index contributed by atoms with van der Waals surface area (Å²) in [5, 5.41) is 5.24. The third-order valence-corrected chi connectivity index (χ3v) is 2.89. The molecule has 5 nitrogen and oxygen atoms in total. The molecule has 0 atom stereocenters. The predicted molar refractivity (Wildman–Crippen MR) is 56.9 cm³/mol. The monoisotopic (exact) mass is 203 g/mol. The summed E-state index contributed by atoms with van der Waals surface area (Å²) >= 11 is 0. The molecule has 3 rings (SSSR count). The van der Waals surface area contributed by atoms with E-state index in [1.807, 2.05) is 0 Å². The lowest BCUT2D eigenvalue weighted by atomic mass is 10.3. The first-order valence-corrected chi connectivity index (χ1v) is 5.34. The van der Waals surface area contributed by atoms with Gasteiger partial charge in [-0.3, -0.25) is 0 Å². The molecule has 2 aromatic heterocycles. The summed E-state index contributed by atoms with van der Waals surface area (Å²) in [6, 6.07) is 0.545. The van der Waals surface area contributed by atoms with Gasteiger partial charge in [-0.1, -0.05) is 12.8 Å². The van der Waals surface area contributed by atoms with E-state index in [0.29, 0.717) is 6.04 Å². The minimum Gasteiger partial charge on any atom is -0.305 e. The van der Waals surface area contributed by atoms with Crippen LogP contribution in [-0.4, -0.2) is 25.9 Å². The molecular formula is C10H13N5. The van der Waals surface area contributed by atoms with Crippen molar-refractivity contribution in [2.24, 2.45) is 0 Å². The van der Waals surface area contributed by atoms with Gasteiger partial charge in [0.05, 0.1) is 11.6 Å². The number of rotatable bonds is 2. The number of hydrogen-bond donors (Lipinski definition) is 1. The summed E-state index contributed by atoms with van der Waals surface area (Å²) in [5.41, 5.74) is 4.24. The normalized spacial score (nSPS) is 17.3. The van der Waals surface area contributed by atoms with Crippen molar-refractivity contribution >= 4 is 11.0 Å². The summed E-state index contributed by atoms with van der Waals surface area (Å²) in [4.78, 5) is 9.95. The van der Waals surface area contributed by atoms with E-state index in [1.54, 1.807) is 23.5 Å². The van der Waals surface area contributed by atoms with Gasteiger partial charge in [0.2, 0.25) is 0 Å². The molecule has 1 aliphatic rings. The average Bonchev–Trinajstić information content (AvgIpc) is 2.89. The van der Waals surface area contributed by atoms with Crippen molar-refractivity contribution in [3.63, 3.8) is 0 Å². The molecule has 78 valence electrons. The second-order valence-corrected chi connectivity index (χ2v) is 3.97. The highest BCUT2D eigenvalue weighted by atomic mass is 15.6. The first-order chi connectivity index (χ1) is 7.43.